The number of anilines is 1. The molecule has 2 atom stereocenters. The molecule has 1 N–H and O–H groups in total. The molecule has 3 aromatic carbocycles. The zero-order valence-electron chi connectivity index (χ0n) is 18.2. The van der Waals surface area contributed by atoms with Gasteiger partial charge in [-0.25, -0.2) is 9.69 Å². The van der Waals surface area contributed by atoms with Crippen LogP contribution in [0, 0.1) is 0 Å². The Labute approximate surface area is 216 Å². The first-order chi connectivity index (χ1) is 16.4. The average molecular weight is 559 g/mol. The molecule has 5 rings (SSSR count). The zero-order chi connectivity index (χ0) is 23.8. The van der Waals surface area contributed by atoms with E-state index in [2.05, 4.69) is 57.6 Å². The van der Waals surface area contributed by atoms with Crippen LogP contribution in [-0.2, 0) is 11.2 Å². The molecule has 2 fully saturated rings. The van der Waals surface area contributed by atoms with E-state index in [1.165, 1.54) is 21.6 Å². The second-order valence-corrected chi connectivity index (χ2v) is 10.4. The summed E-state index contributed by atoms with van der Waals surface area (Å²) in [7, 11) is 0. The molecule has 0 saturated carbocycles. The third kappa shape index (κ3) is 4.73. The van der Waals surface area contributed by atoms with Crippen LogP contribution in [0.15, 0.2) is 71.2 Å². The number of benzene rings is 3. The summed E-state index contributed by atoms with van der Waals surface area (Å²) in [6, 6.07) is 20.9. The van der Waals surface area contributed by atoms with Crippen LogP contribution in [0.3, 0.4) is 0 Å². The molecular weight excluding hydrogens is 537 g/mol. The van der Waals surface area contributed by atoms with Gasteiger partial charge in [0.05, 0.1) is 5.69 Å². The van der Waals surface area contributed by atoms with Crippen molar-refractivity contribution in [2.75, 3.05) is 18.0 Å². The van der Waals surface area contributed by atoms with Gasteiger partial charge in [-0.2, -0.15) is 0 Å². The fraction of sp³-hybridized carbons (Fsp3) is 0.231. The molecule has 0 spiro atoms. The van der Waals surface area contributed by atoms with E-state index in [4.69, 9.17) is 23.2 Å². The molecule has 3 amide bonds. The first-order valence-corrected chi connectivity index (χ1v) is 12.6. The lowest BCUT2D eigenvalue weighted by Crippen LogP contribution is -2.39. The molecule has 2 aliphatic rings. The number of rotatable bonds is 6. The molecule has 0 radical (unpaired) electrons. The molecule has 34 heavy (non-hydrogen) atoms. The third-order valence-electron chi connectivity index (χ3n) is 6.30. The summed E-state index contributed by atoms with van der Waals surface area (Å²) in [5.41, 5.74) is 4.01. The summed E-state index contributed by atoms with van der Waals surface area (Å²) in [5, 5.41) is 4.30. The number of carbonyl (C=O) groups is 2. The predicted octanol–water partition coefficient (Wildman–Crippen LogP) is 6.16. The number of amides is 3. The van der Waals surface area contributed by atoms with E-state index in [9.17, 15) is 9.59 Å². The fourth-order valence-corrected chi connectivity index (χ4v) is 5.46. The van der Waals surface area contributed by atoms with Crippen molar-refractivity contribution < 1.29 is 9.59 Å². The number of nitrogens with zero attached hydrogens (tertiary/aromatic N) is 2. The Morgan fingerprint density at radius 2 is 1.68 bits per heavy atom. The minimum absolute atomic E-state index is 0.0812. The topological polar surface area (TPSA) is 52.7 Å². The normalized spacial score (nSPS) is 19.7. The van der Waals surface area contributed by atoms with E-state index in [1.54, 1.807) is 23.1 Å². The third-order valence-corrected chi connectivity index (χ3v) is 7.27. The molecule has 0 aliphatic carbocycles. The zero-order valence-corrected chi connectivity index (χ0v) is 21.3. The summed E-state index contributed by atoms with van der Waals surface area (Å²) < 4.78 is 1.06. The maximum Gasteiger partial charge on any atom is 0.332 e. The minimum Gasteiger partial charge on any atom is -0.312 e. The summed E-state index contributed by atoms with van der Waals surface area (Å²) in [6.07, 6.45) is 1.45. The lowest BCUT2D eigenvalue weighted by Gasteiger charge is -2.19. The van der Waals surface area contributed by atoms with E-state index in [0.29, 0.717) is 28.7 Å². The highest BCUT2D eigenvalue weighted by atomic mass is 79.9. The van der Waals surface area contributed by atoms with Gasteiger partial charge in [0.15, 0.2) is 0 Å². The maximum atomic E-state index is 13.0. The van der Waals surface area contributed by atoms with E-state index < -0.39 is 6.04 Å². The van der Waals surface area contributed by atoms with Crippen LogP contribution in [0.5, 0.6) is 0 Å². The molecule has 5 nitrogen and oxygen atoms in total. The molecule has 174 valence electrons. The number of carbonyl (C=O) groups excluding carboxylic acids is 2. The van der Waals surface area contributed by atoms with Crippen molar-refractivity contribution in [3.05, 3.63) is 86.8 Å². The van der Waals surface area contributed by atoms with Gasteiger partial charge in [-0.15, -0.1) is 0 Å². The van der Waals surface area contributed by atoms with Gasteiger partial charge in [-0.05, 0) is 66.4 Å². The summed E-state index contributed by atoms with van der Waals surface area (Å²) in [6.45, 7) is 1.27. The largest absolute Gasteiger partial charge is 0.332 e. The average Bonchev–Trinajstić information content (AvgIpc) is 3.32. The first-order valence-electron chi connectivity index (χ1n) is 11.1. The van der Waals surface area contributed by atoms with Crippen LogP contribution in [0.25, 0.3) is 11.1 Å². The minimum atomic E-state index is -0.455. The highest BCUT2D eigenvalue weighted by Crippen LogP contribution is 2.34. The van der Waals surface area contributed by atoms with E-state index >= 15 is 0 Å². The van der Waals surface area contributed by atoms with Gasteiger partial charge in [0.25, 0.3) is 5.91 Å². The second kappa shape index (κ2) is 9.70. The number of fused-ring (bicyclic) bond motifs is 1. The summed E-state index contributed by atoms with van der Waals surface area (Å²) in [4.78, 5) is 28.8. The maximum absolute atomic E-state index is 13.0. The van der Waals surface area contributed by atoms with Crippen molar-refractivity contribution in [3.8, 4) is 11.1 Å². The molecule has 3 aromatic rings. The van der Waals surface area contributed by atoms with Crippen molar-refractivity contribution in [1.29, 1.82) is 0 Å². The van der Waals surface area contributed by atoms with Crippen molar-refractivity contribution in [3.63, 3.8) is 0 Å². The molecule has 0 aromatic heterocycles. The first kappa shape index (κ1) is 23.4. The van der Waals surface area contributed by atoms with Crippen LogP contribution in [-0.4, -0.2) is 42.0 Å². The van der Waals surface area contributed by atoms with Crippen molar-refractivity contribution in [2.45, 2.75) is 24.9 Å². The van der Waals surface area contributed by atoms with Gasteiger partial charge in [0.1, 0.15) is 6.04 Å². The van der Waals surface area contributed by atoms with Crippen LogP contribution in [0.4, 0.5) is 10.5 Å². The molecule has 2 heterocycles. The van der Waals surface area contributed by atoms with Gasteiger partial charge in [0, 0.05) is 27.1 Å². The molecule has 2 saturated heterocycles. The second-order valence-electron chi connectivity index (χ2n) is 8.60. The number of imide groups is 1. The SMILES string of the molecule is O=C1[C@@H]2C[C@@H](NCCc3cccc(-c4ccc(Br)cc4)c3)CN2C(=O)N1c1cc(Cl)cc(Cl)c1. The fourth-order valence-electron chi connectivity index (χ4n) is 4.68. The molecular formula is C26H22BrCl2N3O2. The summed E-state index contributed by atoms with van der Waals surface area (Å²) >= 11 is 15.6. The molecule has 0 bridgehead atoms. The van der Waals surface area contributed by atoms with E-state index in [1.807, 2.05) is 12.1 Å². The number of nitrogens with one attached hydrogen (secondary N) is 1. The predicted molar refractivity (Wildman–Crippen MR) is 140 cm³/mol. The van der Waals surface area contributed by atoms with Crippen LogP contribution in [0.1, 0.15) is 12.0 Å². The lowest BCUT2D eigenvalue weighted by atomic mass is 10.0. The van der Waals surface area contributed by atoms with Crippen LogP contribution >= 0.6 is 39.1 Å². The van der Waals surface area contributed by atoms with Crippen molar-refractivity contribution in [1.82, 2.24) is 10.2 Å². The van der Waals surface area contributed by atoms with E-state index in [-0.39, 0.29) is 18.0 Å². The lowest BCUT2D eigenvalue weighted by molar-refractivity contribution is -0.119. The van der Waals surface area contributed by atoms with Gasteiger partial charge in [-0.3, -0.25) is 4.79 Å². The number of urea groups is 1. The van der Waals surface area contributed by atoms with Gasteiger partial charge < -0.3 is 10.2 Å². The standard InChI is InChI=1S/C26H22BrCl2N3O2/c27-19-6-4-17(5-7-19)18-3-1-2-16(10-18)8-9-30-22-14-24-25(33)32(26(34)31(24)15-22)23-12-20(28)11-21(29)13-23/h1-7,10-13,22,24,30H,8-9,14-15H2/t22-,24+/m1/s1. The van der Waals surface area contributed by atoms with Crippen molar-refractivity contribution >= 4 is 56.8 Å². The quantitative estimate of drug-likeness (QED) is 0.368. The van der Waals surface area contributed by atoms with Crippen LogP contribution in [0.2, 0.25) is 10.0 Å². The number of halogens is 3. The molecule has 0 unspecified atom stereocenters. The highest BCUT2D eigenvalue weighted by molar-refractivity contribution is 9.10. The smallest absolute Gasteiger partial charge is 0.312 e. The van der Waals surface area contributed by atoms with Gasteiger partial charge in [0.2, 0.25) is 0 Å². The Kier molecular flexibility index (Phi) is 6.67. The Hall–Kier alpha value is -2.38. The number of hydrogen-bond acceptors (Lipinski definition) is 3. The molecule has 2 aliphatic heterocycles. The Balaban J connectivity index is 1.18. The Bertz CT molecular complexity index is 1210. The van der Waals surface area contributed by atoms with Crippen LogP contribution < -0.4 is 10.2 Å². The Morgan fingerprint density at radius 1 is 0.941 bits per heavy atom. The monoisotopic (exact) mass is 557 g/mol. The van der Waals surface area contributed by atoms with Gasteiger partial charge >= 0.3 is 6.03 Å². The Morgan fingerprint density at radius 3 is 2.38 bits per heavy atom. The van der Waals surface area contributed by atoms with Crippen molar-refractivity contribution in [2.24, 2.45) is 0 Å². The summed E-state index contributed by atoms with van der Waals surface area (Å²) in [5.74, 6) is -0.227. The number of hydrogen-bond donors (Lipinski definition) is 1. The van der Waals surface area contributed by atoms with E-state index in [0.717, 1.165) is 17.4 Å². The molecule has 8 heteroatoms. The highest BCUT2D eigenvalue weighted by Gasteiger charge is 2.51. The van der Waals surface area contributed by atoms with Gasteiger partial charge in [-0.1, -0.05) is 75.5 Å².